The molecule has 2 rings (SSSR count). The Bertz CT molecular complexity index is 784. The third-order valence-corrected chi connectivity index (χ3v) is 3.30. The molecule has 4 heteroatoms. The van der Waals surface area contributed by atoms with Crippen molar-refractivity contribution in [1.82, 2.24) is 0 Å². The number of allylic oxidation sites excluding steroid dienone is 1. The van der Waals surface area contributed by atoms with Crippen LogP contribution in [0.15, 0.2) is 48.5 Å². The maximum absolute atomic E-state index is 12.3. The first kappa shape index (κ1) is 17.3. The minimum atomic E-state index is -0.141. The Balaban J connectivity index is 2.27. The van der Waals surface area contributed by atoms with Crippen molar-refractivity contribution in [3.8, 4) is 17.6 Å². The van der Waals surface area contributed by atoms with Gasteiger partial charge < -0.3 is 9.47 Å². The van der Waals surface area contributed by atoms with E-state index in [9.17, 15) is 4.79 Å². The van der Waals surface area contributed by atoms with Gasteiger partial charge in [-0.1, -0.05) is 12.1 Å². The highest BCUT2D eigenvalue weighted by Crippen LogP contribution is 2.32. The van der Waals surface area contributed by atoms with Crippen LogP contribution in [0.25, 0.3) is 6.08 Å². The fourth-order valence-corrected chi connectivity index (χ4v) is 2.16. The number of carbonyl (C=O) groups is 1. The number of ether oxygens (including phenoxy) is 2. The minimum Gasteiger partial charge on any atom is -0.493 e. The number of carbonyl (C=O) groups excluding carboxylic acids is 1. The molecule has 0 atom stereocenters. The van der Waals surface area contributed by atoms with E-state index in [1.54, 1.807) is 37.5 Å². The molecule has 4 nitrogen and oxygen atoms in total. The Labute approximate surface area is 141 Å². The van der Waals surface area contributed by atoms with Gasteiger partial charge in [-0.3, -0.25) is 4.79 Å². The maximum Gasteiger partial charge on any atom is 0.185 e. The van der Waals surface area contributed by atoms with Crippen molar-refractivity contribution in [3.63, 3.8) is 0 Å². The lowest BCUT2D eigenvalue weighted by atomic mass is 10.1. The van der Waals surface area contributed by atoms with Gasteiger partial charge in [0, 0.05) is 11.1 Å². The molecule has 0 N–H and O–H groups in total. The van der Waals surface area contributed by atoms with Crippen LogP contribution in [-0.4, -0.2) is 19.0 Å². The van der Waals surface area contributed by atoms with Gasteiger partial charge in [-0.05, 0) is 56.3 Å². The van der Waals surface area contributed by atoms with Crippen molar-refractivity contribution in [3.05, 3.63) is 65.2 Å². The van der Waals surface area contributed by atoms with Crippen LogP contribution in [0.2, 0.25) is 0 Å². The quantitative estimate of drug-likeness (QED) is 0.589. The summed E-state index contributed by atoms with van der Waals surface area (Å²) >= 11 is 0. The zero-order valence-corrected chi connectivity index (χ0v) is 13.9. The Morgan fingerprint density at radius 2 is 1.88 bits per heavy atom. The van der Waals surface area contributed by atoms with Crippen LogP contribution >= 0.6 is 0 Å². The first-order chi connectivity index (χ1) is 11.5. The monoisotopic (exact) mass is 321 g/mol. The summed E-state index contributed by atoms with van der Waals surface area (Å²) in [5, 5.41) is 8.80. The van der Waals surface area contributed by atoms with Crippen LogP contribution < -0.4 is 9.47 Å². The summed E-state index contributed by atoms with van der Waals surface area (Å²) in [6.45, 7) is 3.86. The van der Waals surface area contributed by atoms with Crippen LogP contribution in [0.1, 0.15) is 35.3 Å². The molecule has 0 saturated heterocycles. The lowest BCUT2D eigenvalue weighted by molar-refractivity contribution is 0.104. The number of nitrogens with zero attached hydrogens (tertiary/aromatic N) is 1. The summed E-state index contributed by atoms with van der Waals surface area (Å²) in [6, 6.07) is 14.1. The summed E-state index contributed by atoms with van der Waals surface area (Å²) in [5.74, 6) is 1.09. The fourth-order valence-electron chi connectivity index (χ4n) is 2.16. The highest BCUT2D eigenvalue weighted by atomic mass is 16.5. The molecule has 2 aromatic rings. The molecule has 0 heterocycles. The molecule has 24 heavy (non-hydrogen) atoms. The molecular formula is C20H19NO3. The van der Waals surface area contributed by atoms with Gasteiger partial charge in [-0.15, -0.1) is 0 Å². The molecule has 122 valence electrons. The Morgan fingerprint density at radius 1 is 1.17 bits per heavy atom. The SMILES string of the molecule is COc1cccc(C=CC(=O)c2ccc(C#N)cc2)c1OC(C)C. The van der Waals surface area contributed by atoms with E-state index in [-0.39, 0.29) is 11.9 Å². The number of benzene rings is 2. The number of ketones is 1. The van der Waals surface area contributed by atoms with E-state index < -0.39 is 0 Å². The van der Waals surface area contributed by atoms with Gasteiger partial charge >= 0.3 is 0 Å². The molecule has 0 aliphatic heterocycles. The largest absolute Gasteiger partial charge is 0.493 e. The van der Waals surface area contributed by atoms with E-state index in [2.05, 4.69) is 0 Å². The van der Waals surface area contributed by atoms with Crippen LogP contribution in [0.5, 0.6) is 11.5 Å². The molecule has 2 aromatic carbocycles. The third kappa shape index (κ3) is 4.23. The number of methoxy groups -OCH3 is 1. The second-order valence-electron chi connectivity index (χ2n) is 5.43. The average Bonchev–Trinajstić information content (AvgIpc) is 2.60. The molecule has 0 saturated carbocycles. The number of rotatable bonds is 6. The Kier molecular flexibility index (Phi) is 5.75. The summed E-state index contributed by atoms with van der Waals surface area (Å²) in [4.78, 5) is 12.3. The lowest BCUT2D eigenvalue weighted by Gasteiger charge is -2.15. The Morgan fingerprint density at radius 3 is 2.46 bits per heavy atom. The number of nitriles is 1. The third-order valence-electron chi connectivity index (χ3n) is 3.30. The molecule has 0 spiro atoms. The van der Waals surface area contributed by atoms with E-state index in [1.165, 1.54) is 6.08 Å². The lowest BCUT2D eigenvalue weighted by Crippen LogP contribution is -2.08. The maximum atomic E-state index is 12.3. The topological polar surface area (TPSA) is 59.3 Å². The van der Waals surface area contributed by atoms with E-state index in [0.717, 1.165) is 5.56 Å². The van der Waals surface area contributed by atoms with Gasteiger partial charge in [-0.25, -0.2) is 0 Å². The van der Waals surface area contributed by atoms with Gasteiger partial charge in [0.15, 0.2) is 17.3 Å². The number of hydrogen-bond donors (Lipinski definition) is 0. The summed E-state index contributed by atoms with van der Waals surface area (Å²) in [6.07, 6.45) is 3.19. The van der Waals surface area contributed by atoms with Gasteiger partial charge in [0.1, 0.15) is 0 Å². The van der Waals surface area contributed by atoms with Crippen molar-refractivity contribution in [2.45, 2.75) is 20.0 Å². The van der Waals surface area contributed by atoms with Crippen LogP contribution in [0, 0.1) is 11.3 Å². The summed E-state index contributed by atoms with van der Waals surface area (Å²) < 4.78 is 11.1. The predicted octanol–water partition coefficient (Wildman–Crippen LogP) is 4.25. The van der Waals surface area contributed by atoms with E-state index >= 15 is 0 Å². The molecule has 0 radical (unpaired) electrons. The highest BCUT2D eigenvalue weighted by molar-refractivity contribution is 6.07. The second-order valence-corrected chi connectivity index (χ2v) is 5.43. The zero-order chi connectivity index (χ0) is 17.5. The molecule has 0 aromatic heterocycles. The number of hydrogen-bond acceptors (Lipinski definition) is 4. The summed E-state index contributed by atoms with van der Waals surface area (Å²) in [7, 11) is 1.58. The van der Waals surface area contributed by atoms with E-state index in [1.807, 2.05) is 38.1 Å². The Hall–Kier alpha value is -3.06. The normalized spacial score (nSPS) is 10.6. The fraction of sp³-hybridized carbons (Fsp3) is 0.200. The molecule has 0 fully saturated rings. The van der Waals surface area contributed by atoms with Gasteiger partial charge in [-0.2, -0.15) is 5.26 Å². The van der Waals surface area contributed by atoms with Crippen molar-refractivity contribution >= 4 is 11.9 Å². The average molecular weight is 321 g/mol. The van der Waals surface area contributed by atoms with Crippen molar-refractivity contribution in [2.75, 3.05) is 7.11 Å². The van der Waals surface area contributed by atoms with Gasteiger partial charge in [0.25, 0.3) is 0 Å². The smallest absolute Gasteiger partial charge is 0.185 e. The van der Waals surface area contributed by atoms with E-state index in [4.69, 9.17) is 14.7 Å². The van der Waals surface area contributed by atoms with Crippen LogP contribution in [0.3, 0.4) is 0 Å². The molecule has 0 aliphatic carbocycles. The van der Waals surface area contributed by atoms with Crippen molar-refractivity contribution in [2.24, 2.45) is 0 Å². The van der Waals surface area contributed by atoms with Crippen LogP contribution in [-0.2, 0) is 0 Å². The molecular weight excluding hydrogens is 302 g/mol. The highest BCUT2D eigenvalue weighted by Gasteiger charge is 2.11. The zero-order valence-electron chi connectivity index (χ0n) is 13.9. The van der Waals surface area contributed by atoms with Gasteiger partial charge in [0.2, 0.25) is 0 Å². The van der Waals surface area contributed by atoms with Crippen molar-refractivity contribution < 1.29 is 14.3 Å². The molecule has 0 bridgehead atoms. The van der Waals surface area contributed by atoms with Crippen LogP contribution in [0.4, 0.5) is 0 Å². The first-order valence-corrected chi connectivity index (χ1v) is 7.61. The number of para-hydroxylation sites is 1. The molecule has 0 unspecified atom stereocenters. The summed E-state index contributed by atoms with van der Waals surface area (Å²) in [5.41, 5.74) is 1.82. The van der Waals surface area contributed by atoms with Gasteiger partial charge in [0.05, 0.1) is 24.8 Å². The minimum absolute atomic E-state index is 0.0114. The molecule has 0 aliphatic rings. The van der Waals surface area contributed by atoms with Crippen molar-refractivity contribution in [1.29, 1.82) is 5.26 Å². The molecule has 0 amide bonds. The predicted molar refractivity (Wildman–Crippen MR) is 93.3 cm³/mol. The standard InChI is InChI=1S/C20H19NO3/c1-14(2)24-20-17(5-4-6-19(20)23-3)11-12-18(22)16-9-7-15(13-21)8-10-16/h4-12,14H,1-3H3. The second kappa shape index (κ2) is 7.98. The van der Waals surface area contributed by atoms with E-state index in [0.29, 0.717) is 22.6 Å². The first-order valence-electron chi connectivity index (χ1n) is 7.61.